The minimum atomic E-state index is -1.11. The molecule has 0 aliphatic heterocycles. The van der Waals surface area contributed by atoms with Crippen LogP contribution in [0.4, 0.5) is 0 Å². The molecule has 0 unspecified atom stereocenters. The third-order valence-corrected chi connectivity index (χ3v) is 4.73. The van der Waals surface area contributed by atoms with Gasteiger partial charge in [0.05, 0.1) is 8.07 Å². The van der Waals surface area contributed by atoms with Gasteiger partial charge in [0.15, 0.2) is 0 Å². The summed E-state index contributed by atoms with van der Waals surface area (Å²) in [5, 5.41) is 1.64. The number of fused-ring (bicyclic) bond motifs is 1. The second kappa shape index (κ2) is 2.84. The van der Waals surface area contributed by atoms with Crippen molar-refractivity contribution < 1.29 is 0 Å². The van der Waals surface area contributed by atoms with Crippen molar-refractivity contribution in [2.75, 3.05) is 0 Å². The Balaban J connectivity index is 2.48. The summed E-state index contributed by atoms with van der Waals surface area (Å²) in [5.41, 5.74) is 3.03. The lowest BCUT2D eigenvalue weighted by Gasteiger charge is -2.19. The second-order valence-electron chi connectivity index (χ2n) is 4.73. The fraction of sp³-hybridized carbons (Fsp3) is 0.333. The van der Waals surface area contributed by atoms with E-state index < -0.39 is 8.07 Å². The van der Waals surface area contributed by atoms with Crippen molar-refractivity contribution in [1.29, 1.82) is 0 Å². The van der Waals surface area contributed by atoms with Gasteiger partial charge in [0, 0.05) is 0 Å². The van der Waals surface area contributed by atoms with Crippen LogP contribution in [0.2, 0.25) is 19.6 Å². The van der Waals surface area contributed by atoms with E-state index in [1.165, 1.54) is 11.1 Å². The van der Waals surface area contributed by atoms with E-state index in [0.29, 0.717) is 0 Å². The van der Waals surface area contributed by atoms with Crippen molar-refractivity contribution in [3.05, 3.63) is 41.5 Å². The largest absolute Gasteiger partial charge is 0.0803 e. The molecule has 0 saturated heterocycles. The average molecular weight is 188 g/mol. The predicted molar refractivity (Wildman–Crippen MR) is 61.5 cm³/mol. The van der Waals surface area contributed by atoms with Crippen LogP contribution >= 0.6 is 0 Å². The van der Waals surface area contributed by atoms with Crippen molar-refractivity contribution in [3.8, 4) is 0 Å². The smallest absolute Gasteiger partial charge is 0.0779 e. The first-order valence-electron chi connectivity index (χ1n) is 4.88. The Morgan fingerprint density at radius 2 is 1.77 bits per heavy atom. The highest BCUT2D eigenvalue weighted by Crippen LogP contribution is 2.33. The van der Waals surface area contributed by atoms with Gasteiger partial charge in [-0.1, -0.05) is 55.2 Å². The summed E-state index contributed by atoms with van der Waals surface area (Å²) < 4.78 is 0. The maximum Gasteiger partial charge on any atom is 0.0779 e. The van der Waals surface area contributed by atoms with Crippen LogP contribution in [0.5, 0.6) is 0 Å². The molecular weight excluding hydrogens is 172 g/mol. The molecule has 0 nitrogen and oxygen atoms in total. The van der Waals surface area contributed by atoms with Crippen molar-refractivity contribution in [1.82, 2.24) is 0 Å². The molecule has 68 valence electrons. The van der Waals surface area contributed by atoms with Crippen LogP contribution in [-0.2, 0) is 6.42 Å². The molecule has 1 aliphatic rings. The lowest BCUT2D eigenvalue weighted by molar-refractivity contribution is 1.31. The van der Waals surface area contributed by atoms with E-state index in [1.54, 1.807) is 5.20 Å². The quantitative estimate of drug-likeness (QED) is 0.592. The first-order valence-corrected chi connectivity index (χ1v) is 8.38. The van der Waals surface area contributed by atoms with E-state index in [1.807, 2.05) is 0 Å². The average Bonchev–Trinajstić information content (AvgIpc) is 2.45. The Morgan fingerprint density at radius 1 is 1.08 bits per heavy atom. The minimum Gasteiger partial charge on any atom is -0.0803 e. The number of allylic oxidation sites excluding steroid dienone is 1. The zero-order chi connectivity index (χ0) is 9.47. The summed E-state index contributed by atoms with van der Waals surface area (Å²) in [7, 11) is -1.11. The molecule has 0 heterocycles. The highest BCUT2D eigenvalue weighted by Gasteiger charge is 2.25. The topological polar surface area (TPSA) is 0 Å². The summed E-state index contributed by atoms with van der Waals surface area (Å²) >= 11 is 0. The van der Waals surface area contributed by atoms with E-state index in [4.69, 9.17) is 0 Å². The molecule has 1 aliphatic carbocycles. The standard InChI is InChI=1S/C12H16Si/c1-13(2,3)12-9-8-10-6-4-5-7-11(10)12/h4-7,9H,8H2,1-3H3. The number of benzene rings is 1. The molecule has 0 N–H and O–H groups in total. The molecule has 0 saturated carbocycles. The Hall–Kier alpha value is -0.823. The monoisotopic (exact) mass is 188 g/mol. The molecule has 0 atom stereocenters. The number of rotatable bonds is 1. The Labute approximate surface area is 81.3 Å². The molecule has 1 heteroatoms. The van der Waals surface area contributed by atoms with Gasteiger partial charge in [-0.25, -0.2) is 0 Å². The van der Waals surface area contributed by atoms with Crippen LogP contribution < -0.4 is 0 Å². The lowest BCUT2D eigenvalue weighted by atomic mass is 10.1. The fourth-order valence-electron chi connectivity index (χ4n) is 1.99. The van der Waals surface area contributed by atoms with E-state index in [9.17, 15) is 0 Å². The third-order valence-electron chi connectivity index (χ3n) is 2.64. The van der Waals surface area contributed by atoms with Gasteiger partial charge >= 0.3 is 0 Å². The van der Waals surface area contributed by atoms with Crippen molar-refractivity contribution in [2.45, 2.75) is 26.1 Å². The maximum absolute atomic E-state index is 2.43. The molecule has 13 heavy (non-hydrogen) atoms. The van der Waals surface area contributed by atoms with Crippen LogP contribution in [-0.4, -0.2) is 8.07 Å². The van der Waals surface area contributed by atoms with Gasteiger partial charge in [-0.05, 0) is 17.5 Å². The second-order valence-corrected chi connectivity index (χ2v) is 9.77. The first-order chi connectivity index (χ1) is 6.09. The van der Waals surface area contributed by atoms with Crippen LogP contribution in [0.25, 0.3) is 5.20 Å². The van der Waals surface area contributed by atoms with Gasteiger partial charge in [-0.15, -0.1) is 0 Å². The summed E-state index contributed by atoms with van der Waals surface area (Å²) in [6.07, 6.45) is 3.58. The van der Waals surface area contributed by atoms with Crippen molar-refractivity contribution in [3.63, 3.8) is 0 Å². The van der Waals surface area contributed by atoms with E-state index in [0.717, 1.165) is 6.42 Å². The first kappa shape index (κ1) is 8.76. The number of hydrogen-bond acceptors (Lipinski definition) is 0. The van der Waals surface area contributed by atoms with Gasteiger partial charge in [0.2, 0.25) is 0 Å². The zero-order valence-corrected chi connectivity index (χ0v) is 9.59. The van der Waals surface area contributed by atoms with E-state index in [-0.39, 0.29) is 0 Å². The highest BCUT2D eigenvalue weighted by atomic mass is 28.3. The summed E-state index contributed by atoms with van der Waals surface area (Å²) in [6, 6.07) is 8.81. The molecule has 0 radical (unpaired) electrons. The lowest BCUT2D eigenvalue weighted by Crippen LogP contribution is -2.21. The molecular formula is C12H16Si. The van der Waals surface area contributed by atoms with Crippen LogP contribution in [0, 0.1) is 0 Å². The molecule has 0 spiro atoms. The molecule has 0 aromatic heterocycles. The normalized spacial score (nSPS) is 15.5. The molecule has 0 fully saturated rings. The Morgan fingerprint density at radius 3 is 2.46 bits per heavy atom. The molecule has 1 aromatic rings. The highest BCUT2D eigenvalue weighted by molar-refractivity contribution is 6.93. The summed E-state index contributed by atoms with van der Waals surface area (Å²) in [6.45, 7) is 7.25. The van der Waals surface area contributed by atoms with Crippen molar-refractivity contribution >= 4 is 13.3 Å². The predicted octanol–water partition coefficient (Wildman–Crippen LogP) is 3.50. The van der Waals surface area contributed by atoms with Gasteiger partial charge in [-0.3, -0.25) is 0 Å². The maximum atomic E-state index is 2.43. The molecule has 0 amide bonds. The van der Waals surface area contributed by atoms with E-state index >= 15 is 0 Å². The van der Waals surface area contributed by atoms with Crippen LogP contribution in [0.1, 0.15) is 11.1 Å². The summed E-state index contributed by atoms with van der Waals surface area (Å²) in [5.74, 6) is 0. The third kappa shape index (κ3) is 1.48. The van der Waals surface area contributed by atoms with Gasteiger partial charge in [0.1, 0.15) is 0 Å². The van der Waals surface area contributed by atoms with Crippen LogP contribution in [0.15, 0.2) is 30.3 Å². The molecule has 1 aromatic carbocycles. The fourth-order valence-corrected chi connectivity index (χ4v) is 3.76. The minimum absolute atomic E-state index is 1.11. The van der Waals surface area contributed by atoms with Gasteiger partial charge in [-0.2, -0.15) is 0 Å². The summed E-state index contributed by atoms with van der Waals surface area (Å²) in [4.78, 5) is 0. The zero-order valence-electron chi connectivity index (χ0n) is 8.59. The van der Waals surface area contributed by atoms with Crippen molar-refractivity contribution in [2.24, 2.45) is 0 Å². The SMILES string of the molecule is C[Si](C)(C)C1=CCc2ccccc21. The Bertz CT molecular complexity index is 356. The number of hydrogen-bond donors (Lipinski definition) is 0. The van der Waals surface area contributed by atoms with E-state index in [2.05, 4.69) is 50.0 Å². The Kier molecular flexibility index (Phi) is 1.92. The molecule has 0 bridgehead atoms. The van der Waals surface area contributed by atoms with Gasteiger partial charge in [0.25, 0.3) is 0 Å². The molecule has 2 rings (SSSR count). The van der Waals surface area contributed by atoms with Crippen LogP contribution in [0.3, 0.4) is 0 Å². The van der Waals surface area contributed by atoms with Gasteiger partial charge < -0.3 is 0 Å².